The molecule has 0 aliphatic heterocycles. The Kier molecular flexibility index (Phi) is 5.76. The number of hydrogen-bond donors (Lipinski definition) is 2. The molecule has 2 rings (SSSR count). The average molecular weight is 290 g/mol. The third-order valence-corrected chi connectivity index (χ3v) is 4.27. The molecule has 1 aromatic carbocycles. The Balaban J connectivity index is 1.89. The molecule has 116 valence electrons. The predicted molar refractivity (Wildman–Crippen MR) is 85.2 cm³/mol. The van der Waals surface area contributed by atoms with E-state index in [0.29, 0.717) is 12.6 Å². The minimum atomic E-state index is -0.483. The van der Waals surface area contributed by atoms with E-state index in [9.17, 15) is 9.90 Å². The van der Waals surface area contributed by atoms with Gasteiger partial charge in [0.05, 0.1) is 6.10 Å². The van der Waals surface area contributed by atoms with Crippen LogP contribution in [0, 0.1) is 0 Å². The number of rotatable bonds is 5. The molecule has 2 N–H and O–H groups in total. The fourth-order valence-corrected chi connectivity index (χ4v) is 3.04. The van der Waals surface area contributed by atoms with Gasteiger partial charge < -0.3 is 15.3 Å². The maximum atomic E-state index is 11.0. The summed E-state index contributed by atoms with van der Waals surface area (Å²) >= 11 is 0. The minimum Gasteiger partial charge on any atom is -0.387 e. The Bertz CT molecular complexity index is 452. The summed E-state index contributed by atoms with van der Waals surface area (Å²) in [5.74, 6) is -0.0830. The first kappa shape index (κ1) is 16.0. The second-order valence-electron chi connectivity index (χ2n) is 6.05. The van der Waals surface area contributed by atoms with E-state index >= 15 is 0 Å². The van der Waals surface area contributed by atoms with Crippen LogP contribution in [0.4, 0.5) is 5.69 Å². The summed E-state index contributed by atoms with van der Waals surface area (Å²) in [6, 6.07) is 8.03. The molecular weight excluding hydrogens is 264 g/mol. The van der Waals surface area contributed by atoms with Gasteiger partial charge in [-0.15, -0.1) is 0 Å². The van der Waals surface area contributed by atoms with Gasteiger partial charge in [-0.2, -0.15) is 0 Å². The number of benzene rings is 1. The number of hydrogen-bond acceptors (Lipinski definition) is 3. The van der Waals surface area contributed by atoms with Crippen molar-refractivity contribution in [3.05, 3.63) is 29.8 Å². The molecule has 21 heavy (non-hydrogen) atoms. The summed E-state index contributed by atoms with van der Waals surface area (Å²) in [5, 5.41) is 13.1. The van der Waals surface area contributed by atoms with E-state index in [4.69, 9.17) is 0 Å². The number of aliphatic hydroxyl groups excluding tert-OH is 1. The van der Waals surface area contributed by atoms with E-state index in [1.807, 2.05) is 24.3 Å². The van der Waals surface area contributed by atoms with Crippen LogP contribution in [-0.4, -0.2) is 35.5 Å². The second-order valence-corrected chi connectivity index (χ2v) is 6.05. The molecule has 0 saturated heterocycles. The van der Waals surface area contributed by atoms with Crippen LogP contribution in [0.1, 0.15) is 50.7 Å². The van der Waals surface area contributed by atoms with Gasteiger partial charge >= 0.3 is 0 Å². The quantitative estimate of drug-likeness (QED) is 0.876. The summed E-state index contributed by atoms with van der Waals surface area (Å²) in [4.78, 5) is 13.3. The van der Waals surface area contributed by atoms with Crippen molar-refractivity contribution in [2.75, 3.05) is 18.9 Å². The molecule has 1 saturated carbocycles. The molecule has 1 aliphatic rings. The summed E-state index contributed by atoms with van der Waals surface area (Å²) in [6.07, 6.45) is 5.95. The minimum absolute atomic E-state index is 0.0830. The Morgan fingerprint density at radius 3 is 2.48 bits per heavy atom. The van der Waals surface area contributed by atoms with Crippen LogP contribution in [0.5, 0.6) is 0 Å². The van der Waals surface area contributed by atoms with Crippen molar-refractivity contribution in [1.29, 1.82) is 0 Å². The lowest BCUT2D eigenvalue weighted by atomic mass is 9.94. The number of nitrogens with zero attached hydrogens (tertiary/aromatic N) is 1. The normalized spacial score (nSPS) is 17.7. The molecule has 4 nitrogen and oxygen atoms in total. The standard InChI is InChI=1S/C17H26N2O2/c1-13(20)18-15-10-8-14(9-11-15)17(21)12-19(2)16-6-4-3-5-7-16/h8-11,16-17,21H,3-7,12H2,1-2H3,(H,18,20). The molecule has 1 atom stereocenters. The lowest BCUT2D eigenvalue weighted by Gasteiger charge is -2.32. The summed E-state index contributed by atoms with van der Waals surface area (Å²) < 4.78 is 0. The number of anilines is 1. The highest BCUT2D eigenvalue weighted by Crippen LogP contribution is 2.24. The maximum absolute atomic E-state index is 11.0. The summed E-state index contributed by atoms with van der Waals surface area (Å²) in [7, 11) is 2.10. The molecule has 1 aliphatic carbocycles. The topological polar surface area (TPSA) is 52.6 Å². The Labute approximate surface area is 127 Å². The number of likely N-dealkylation sites (N-methyl/N-ethyl adjacent to an activating group) is 1. The SMILES string of the molecule is CC(=O)Nc1ccc(C(O)CN(C)C2CCCCC2)cc1. The molecule has 1 aromatic rings. The van der Waals surface area contributed by atoms with Gasteiger partial charge in [-0.25, -0.2) is 0 Å². The van der Waals surface area contributed by atoms with Gasteiger partial charge in [0.2, 0.25) is 5.91 Å². The van der Waals surface area contributed by atoms with E-state index in [-0.39, 0.29) is 5.91 Å². The molecule has 0 bridgehead atoms. The highest BCUT2D eigenvalue weighted by molar-refractivity contribution is 5.88. The number of carbonyl (C=O) groups is 1. The van der Waals surface area contributed by atoms with Crippen molar-refractivity contribution in [2.24, 2.45) is 0 Å². The van der Waals surface area contributed by atoms with Gasteiger partial charge in [0.15, 0.2) is 0 Å². The van der Waals surface area contributed by atoms with E-state index < -0.39 is 6.10 Å². The number of aliphatic hydroxyl groups is 1. The molecule has 0 spiro atoms. The number of carbonyl (C=O) groups excluding carboxylic acids is 1. The molecule has 1 unspecified atom stereocenters. The zero-order chi connectivity index (χ0) is 15.2. The first-order chi connectivity index (χ1) is 10.1. The maximum Gasteiger partial charge on any atom is 0.221 e. The Morgan fingerprint density at radius 2 is 1.90 bits per heavy atom. The van der Waals surface area contributed by atoms with Gasteiger partial charge in [-0.1, -0.05) is 31.4 Å². The predicted octanol–water partition coefficient (Wildman–Crippen LogP) is 2.94. The summed E-state index contributed by atoms with van der Waals surface area (Å²) in [5.41, 5.74) is 1.66. The van der Waals surface area contributed by atoms with Crippen molar-refractivity contribution in [3.8, 4) is 0 Å². The third kappa shape index (κ3) is 4.83. The smallest absolute Gasteiger partial charge is 0.221 e. The second kappa shape index (κ2) is 7.57. The molecule has 0 radical (unpaired) electrons. The van der Waals surface area contributed by atoms with Crippen molar-refractivity contribution in [1.82, 2.24) is 4.90 Å². The van der Waals surface area contributed by atoms with Crippen molar-refractivity contribution in [3.63, 3.8) is 0 Å². The lowest BCUT2D eigenvalue weighted by Crippen LogP contribution is -2.36. The van der Waals surface area contributed by atoms with Crippen LogP contribution in [0.25, 0.3) is 0 Å². The van der Waals surface area contributed by atoms with Crippen LogP contribution in [0.2, 0.25) is 0 Å². The zero-order valence-electron chi connectivity index (χ0n) is 13.0. The van der Waals surface area contributed by atoms with Gasteiger partial charge in [-0.3, -0.25) is 4.79 Å². The van der Waals surface area contributed by atoms with Crippen molar-refractivity contribution < 1.29 is 9.90 Å². The molecule has 1 fully saturated rings. The highest BCUT2D eigenvalue weighted by atomic mass is 16.3. The Hall–Kier alpha value is -1.39. The van der Waals surface area contributed by atoms with Gasteiger partial charge in [0.25, 0.3) is 0 Å². The molecule has 1 amide bonds. The first-order valence-electron chi connectivity index (χ1n) is 7.82. The van der Waals surface area contributed by atoms with Crippen LogP contribution in [0.3, 0.4) is 0 Å². The van der Waals surface area contributed by atoms with Gasteiger partial charge in [-0.05, 0) is 37.6 Å². The van der Waals surface area contributed by atoms with Crippen LogP contribution < -0.4 is 5.32 Å². The summed E-state index contributed by atoms with van der Waals surface area (Å²) in [6.45, 7) is 2.14. The van der Waals surface area contributed by atoms with E-state index in [2.05, 4.69) is 17.3 Å². The average Bonchev–Trinajstić information content (AvgIpc) is 2.48. The number of nitrogens with one attached hydrogen (secondary N) is 1. The van der Waals surface area contributed by atoms with Crippen molar-refractivity contribution in [2.45, 2.75) is 51.2 Å². The van der Waals surface area contributed by atoms with Gasteiger partial charge in [0, 0.05) is 25.2 Å². The largest absolute Gasteiger partial charge is 0.387 e. The van der Waals surface area contributed by atoms with Crippen molar-refractivity contribution >= 4 is 11.6 Å². The first-order valence-corrected chi connectivity index (χ1v) is 7.82. The number of amides is 1. The van der Waals surface area contributed by atoms with Crippen LogP contribution >= 0.6 is 0 Å². The van der Waals surface area contributed by atoms with E-state index in [1.54, 1.807) is 0 Å². The highest BCUT2D eigenvalue weighted by Gasteiger charge is 2.20. The molecule has 4 heteroatoms. The van der Waals surface area contributed by atoms with E-state index in [1.165, 1.54) is 39.0 Å². The van der Waals surface area contributed by atoms with Crippen LogP contribution in [-0.2, 0) is 4.79 Å². The fraction of sp³-hybridized carbons (Fsp3) is 0.588. The Morgan fingerprint density at radius 1 is 1.29 bits per heavy atom. The molecular formula is C17H26N2O2. The molecule has 0 heterocycles. The zero-order valence-corrected chi connectivity index (χ0v) is 13.0. The fourth-order valence-electron chi connectivity index (χ4n) is 3.04. The van der Waals surface area contributed by atoms with Crippen LogP contribution in [0.15, 0.2) is 24.3 Å². The lowest BCUT2D eigenvalue weighted by molar-refractivity contribution is -0.114. The monoisotopic (exact) mass is 290 g/mol. The third-order valence-electron chi connectivity index (χ3n) is 4.27. The van der Waals surface area contributed by atoms with E-state index in [0.717, 1.165) is 11.3 Å². The molecule has 0 aromatic heterocycles. The van der Waals surface area contributed by atoms with Gasteiger partial charge in [0.1, 0.15) is 0 Å².